The second-order valence-electron chi connectivity index (χ2n) is 15.4. The Bertz CT molecular complexity index is 1690. The van der Waals surface area contributed by atoms with E-state index in [2.05, 4.69) is 44.1 Å². The number of aliphatic hydroxyl groups is 1. The highest BCUT2D eigenvalue weighted by atomic mass is 32.2. The minimum atomic E-state index is -1.19. The number of hydrogen-bond acceptors (Lipinski definition) is 9. The van der Waals surface area contributed by atoms with E-state index in [1.807, 2.05) is 50.4 Å². The third kappa shape index (κ3) is 9.92. The molecule has 0 saturated carbocycles. The number of carbonyl (C=O) groups excluding carboxylic acids is 3. The number of unbranched alkanes of at least 4 members (excludes halogenated alkanes) is 2. The molecule has 2 unspecified atom stereocenters. The summed E-state index contributed by atoms with van der Waals surface area (Å²) in [6.07, 6.45) is 12.4. The lowest BCUT2D eigenvalue weighted by atomic mass is 9.64. The van der Waals surface area contributed by atoms with Crippen molar-refractivity contribution in [3.8, 4) is 0 Å². The number of carbonyl (C=O) groups is 3. The average Bonchev–Trinajstić information content (AvgIpc) is 3.60. The molecule has 1 aromatic heterocycles. The van der Waals surface area contributed by atoms with Crippen LogP contribution in [0.5, 0.6) is 0 Å². The highest BCUT2D eigenvalue weighted by molar-refractivity contribution is 8.00. The van der Waals surface area contributed by atoms with Gasteiger partial charge in [-0.15, -0.1) is 23.1 Å². The van der Waals surface area contributed by atoms with Crippen molar-refractivity contribution in [2.45, 2.75) is 104 Å². The third-order valence-electron chi connectivity index (χ3n) is 10.3. The predicted octanol–water partition coefficient (Wildman–Crippen LogP) is 7.35. The van der Waals surface area contributed by atoms with Gasteiger partial charge in [-0.05, 0) is 111 Å². The van der Waals surface area contributed by atoms with Crippen molar-refractivity contribution in [1.29, 1.82) is 0 Å². The summed E-state index contributed by atoms with van der Waals surface area (Å²) in [6, 6.07) is 3.04. The van der Waals surface area contributed by atoms with Crippen molar-refractivity contribution in [2.24, 2.45) is 23.7 Å². The van der Waals surface area contributed by atoms with Gasteiger partial charge in [0.1, 0.15) is 22.9 Å². The third-order valence-corrected chi connectivity index (χ3v) is 12.7. The van der Waals surface area contributed by atoms with Crippen molar-refractivity contribution in [2.75, 3.05) is 18.9 Å². The molecule has 288 valence electrons. The standard InChI is InChI=1S/C41H55N3O6S3/c1-8-9-10-12-27-18-32(34(41(7,48)20-27)31-17-26(6)14-15-30(31)25(4)5)50-40(51)42-21-28-23-53-38-35(43-33(45)19-29-13-11-16-52-29)37(46)44(38)36(28)39(47)49-22-24(2)3/h11,13,16-18,20,24,30-31,34-35,38,48H,4,8-10,12,14-15,19,21-23H2,1-3,5-7H3,(H,42,51)(H,43,45)/t30-,31+,34?,35+,38+,41?/m0/s1. The topological polar surface area (TPSA) is 117 Å². The minimum Gasteiger partial charge on any atom is -0.461 e. The summed E-state index contributed by atoms with van der Waals surface area (Å²) in [7, 11) is 0. The smallest absolute Gasteiger partial charge is 0.355 e. The zero-order valence-electron chi connectivity index (χ0n) is 31.9. The number of amides is 2. The fourth-order valence-corrected chi connectivity index (χ4v) is 9.92. The van der Waals surface area contributed by atoms with Gasteiger partial charge in [-0.25, -0.2) is 4.79 Å². The molecule has 3 N–H and O–H groups in total. The maximum Gasteiger partial charge on any atom is 0.355 e. The number of esters is 1. The van der Waals surface area contributed by atoms with Gasteiger partial charge in [0.15, 0.2) is 0 Å². The van der Waals surface area contributed by atoms with E-state index in [0.29, 0.717) is 17.1 Å². The number of thioether (sulfide) groups is 1. The fraction of sp³-hybridized carbons (Fsp3) is 0.561. The van der Waals surface area contributed by atoms with E-state index in [1.54, 1.807) is 0 Å². The lowest BCUT2D eigenvalue weighted by Gasteiger charge is -2.49. The largest absolute Gasteiger partial charge is 0.461 e. The molecule has 6 atom stereocenters. The lowest BCUT2D eigenvalue weighted by molar-refractivity contribution is -0.153. The number of thiocarbonyl (C=S) groups is 1. The molecule has 1 saturated heterocycles. The molecular weight excluding hydrogens is 727 g/mol. The second-order valence-corrected chi connectivity index (χ2v) is 17.9. The molecular formula is C41H55N3O6S3. The Morgan fingerprint density at radius 3 is 2.72 bits per heavy atom. The number of ether oxygens (including phenoxy) is 2. The van der Waals surface area contributed by atoms with Crippen molar-refractivity contribution in [3.05, 3.63) is 80.9 Å². The zero-order valence-corrected chi connectivity index (χ0v) is 34.3. The first-order chi connectivity index (χ1) is 25.2. The van der Waals surface area contributed by atoms with E-state index in [0.717, 1.165) is 54.5 Å². The number of nitrogens with zero attached hydrogens (tertiary/aromatic N) is 1. The van der Waals surface area contributed by atoms with E-state index in [1.165, 1.54) is 33.6 Å². The first-order valence-corrected chi connectivity index (χ1v) is 21.1. The predicted molar refractivity (Wildman–Crippen MR) is 217 cm³/mol. The van der Waals surface area contributed by atoms with Crippen molar-refractivity contribution >= 4 is 58.3 Å². The Hall–Kier alpha value is -3.19. The molecule has 2 aliphatic carbocycles. The van der Waals surface area contributed by atoms with Gasteiger partial charge in [0.05, 0.1) is 24.5 Å². The molecule has 2 aliphatic heterocycles. The Kier molecular flexibility index (Phi) is 13.9. The van der Waals surface area contributed by atoms with Crippen LogP contribution < -0.4 is 10.6 Å². The fourth-order valence-electron chi connectivity index (χ4n) is 7.71. The molecule has 4 aliphatic rings. The Morgan fingerprint density at radius 1 is 1.26 bits per heavy atom. The monoisotopic (exact) mass is 781 g/mol. The molecule has 3 heterocycles. The van der Waals surface area contributed by atoms with Crippen LogP contribution in [0.15, 0.2) is 76.1 Å². The Morgan fingerprint density at radius 2 is 2.04 bits per heavy atom. The Labute approximate surface area is 328 Å². The summed E-state index contributed by atoms with van der Waals surface area (Å²) in [5.41, 5.74) is 3.02. The van der Waals surface area contributed by atoms with Crippen LogP contribution in [-0.2, 0) is 30.3 Å². The molecule has 0 radical (unpaired) electrons. The highest BCUT2D eigenvalue weighted by Gasteiger charge is 2.54. The summed E-state index contributed by atoms with van der Waals surface area (Å²) >= 11 is 8.77. The van der Waals surface area contributed by atoms with E-state index >= 15 is 0 Å². The number of rotatable bonds is 15. The summed E-state index contributed by atoms with van der Waals surface area (Å²) in [5.74, 6) is -0.294. The normalized spacial score (nSPS) is 26.9. The summed E-state index contributed by atoms with van der Waals surface area (Å²) in [5, 5.41) is 19.8. The molecule has 1 fully saturated rings. The molecule has 5 rings (SSSR count). The first-order valence-electron chi connectivity index (χ1n) is 18.8. The van der Waals surface area contributed by atoms with Gasteiger partial charge >= 0.3 is 5.97 Å². The van der Waals surface area contributed by atoms with Gasteiger partial charge in [-0.2, -0.15) is 0 Å². The van der Waals surface area contributed by atoms with Gasteiger partial charge in [-0.3, -0.25) is 14.5 Å². The van der Waals surface area contributed by atoms with Gasteiger partial charge < -0.3 is 25.2 Å². The minimum absolute atomic E-state index is 0.0355. The number of allylic oxidation sites excluding steroid dienone is 5. The van der Waals surface area contributed by atoms with E-state index in [-0.39, 0.29) is 60.0 Å². The highest BCUT2D eigenvalue weighted by Crippen LogP contribution is 2.48. The second kappa shape index (κ2) is 18.0. The van der Waals surface area contributed by atoms with Crippen molar-refractivity contribution in [3.63, 3.8) is 0 Å². The van der Waals surface area contributed by atoms with Crippen molar-refractivity contribution < 1.29 is 29.0 Å². The number of β-lactam (4-membered cyclic amide) rings is 1. The van der Waals surface area contributed by atoms with Crippen molar-refractivity contribution in [1.82, 2.24) is 15.5 Å². The molecule has 2 amide bonds. The van der Waals surface area contributed by atoms with Gasteiger partial charge in [0.2, 0.25) is 5.91 Å². The van der Waals surface area contributed by atoms with E-state index in [9.17, 15) is 19.5 Å². The van der Waals surface area contributed by atoms with Crippen LogP contribution in [0.3, 0.4) is 0 Å². The zero-order chi connectivity index (χ0) is 38.4. The summed E-state index contributed by atoms with van der Waals surface area (Å²) in [6.45, 7) is 16.8. The number of hydrogen-bond donors (Lipinski definition) is 3. The number of thiophene rings is 1. The van der Waals surface area contributed by atoms with E-state index in [4.69, 9.17) is 21.7 Å². The maximum atomic E-state index is 13.6. The number of nitrogens with one attached hydrogen (secondary N) is 2. The average molecular weight is 782 g/mol. The quantitative estimate of drug-likeness (QED) is 0.0552. The van der Waals surface area contributed by atoms with Gasteiger partial charge in [0.25, 0.3) is 11.1 Å². The molecule has 1 aromatic rings. The molecule has 0 bridgehead atoms. The number of fused-ring (bicyclic) bond motifs is 1. The molecule has 0 spiro atoms. The summed E-state index contributed by atoms with van der Waals surface area (Å²) < 4.78 is 12.1. The van der Waals surface area contributed by atoms with Crippen LogP contribution in [0, 0.1) is 23.7 Å². The molecule has 12 heteroatoms. The molecule has 0 aromatic carbocycles. The van der Waals surface area contributed by atoms with Crippen LogP contribution in [-0.4, -0.2) is 68.9 Å². The maximum absolute atomic E-state index is 13.6. The lowest BCUT2D eigenvalue weighted by Crippen LogP contribution is -2.70. The van der Waals surface area contributed by atoms with Crippen LogP contribution in [0.25, 0.3) is 0 Å². The van der Waals surface area contributed by atoms with Crippen LogP contribution in [0.4, 0.5) is 0 Å². The first kappa shape index (κ1) is 41.0. The van der Waals surface area contributed by atoms with Crippen LogP contribution in [0.1, 0.15) is 84.9 Å². The summed E-state index contributed by atoms with van der Waals surface area (Å²) in [4.78, 5) is 42.3. The SMILES string of the molecule is C=C(C)[C@@H]1CCC(C)=C[C@H]1C1C(OC(=S)NCC2=C(C(=O)OCC(C)C)N3C(=O)[C@@H](NC(=O)Cc4cccs4)[C@H]3SC2)=CC(CCCCC)=CC1(C)O. The molecule has 9 nitrogen and oxygen atoms in total. The van der Waals surface area contributed by atoms with Crippen LogP contribution >= 0.6 is 35.3 Å². The van der Waals surface area contributed by atoms with E-state index < -0.39 is 28.9 Å². The Balaban J connectivity index is 1.35. The van der Waals surface area contributed by atoms with Gasteiger partial charge in [-0.1, -0.05) is 63.5 Å². The van der Waals surface area contributed by atoms with Gasteiger partial charge in [0, 0.05) is 17.2 Å². The molecule has 53 heavy (non-hydrogen) atoms. The van der Waals surface area contributed by atoms with Crippen LogP contribution in [0.2, 0.25) is 0 Å².